The van der Waals surface area contributed by atoms with E-state index >= 15 is 0 Å². The second-order valence-electron chi connectivity index (χ2n) is 4.01. The van der Waals surface area contributed by atoms with Gasteiger partial charge >= 0.3 is 7.82 Å². The molecule has 0 aliphatic heterocycles. The molecule has 0 rings (SSSR count). The molecule has 0 aliphatic rings. The predicted molar refractivity (Wildman–Crippen MR) is 79.2 cm³/mol. The molecule has 0 radical (unpaired) electrons. The molecule has 7 heteroatoms. The van der Waals surface area contributed by atoms with Crippen LogP contribution in [0.3, 0.4) is 0 Å². The molecule has 0 saturated heterocycles. The first-order valence-electron chi connectivity index (χ1n) is 6.63. The van der Waals surface area contributed by atoms with Crippen molar-refractivity contribution in [3.8, 4) is 0 Å². The fourth-order valence-corrected chi connectivity index (χ4v) is 2.22. The van der Waals surface area contributed by atoms with Gasteiger partial charge in [0, 0.05) is 37.3 Å². The molecule has 0 unspecified atom stereocenters. The molecular formula is C12H28O4PSZn-. The maximum atomic E-state index is 10.3. The summed E-state index contributed by atoms with van der Waals surface area (Å²) >= 11 is 0.861. The van der Waals surface area contributed by atoms with Crippen LogP contribution in [0, 0.1) is 6.92 Å². The van der Waals surface area contributed by atoms with Crippen molar-refractivity contribution in [1.82, 2.24) is 0 Å². The molecule has 0 heterocycles. The van der Waals surface area contributed by atoms with Gasteiger partial charge in [0.15, 0.2) is 0 Å². The minimum absolute atomic E-state index is 0. The molecule has 0 aromatic carbocycles. The topological polar surface area (TPSA) is 66.8 Å². The van der Waals surface area contributed by atoms with Crippen LogP contribution in [0.25, 0.3) is 0 Å². The van der Waals surface area contributed by atoms with Gasteiger partial charge in [0.25, 0.3) is 0 Å². The molecule has 2 N–H and O–H groups in total. The normalized spacial score (nSPS) is 10.4. The van der Waals surface area contributed by atoms with E-state index < -0.39 is 7.82 Å². The van der Waals surface area contributed by atoms with Crippen LogP contribution < -0.4 is 0 Å². The first kappa shape index (κ1) is 25.1. The van der Waals surface area contributed by atoms with Gasteiger partial charge in [-0.25, -0.2) is 8.54 Å². The van der Waals surface area contributed by atoms with Gasteiger partial charge < -0.3 is 16.7 Å². The van der Waals surface area contributed by atoms with Crippen molar-refractivity contribution < 1.29 is 37.8 Å². The summed E-state index contributed by atoms with van der Waals surface area (Å²) in [5.41, 5.74) is 0. The van der Waals surface area contributed by atoms with Crippen molar-refractivity contribution in [1.29, 1.82) is 0 Å². The van der Waals surface area contributed by atoms with Crippen molar-refractivity contribution in [3.05, 3.63) is 6.92 Å². The summed E-state index contributed by atoms with van der Waals surface area (Å²) in [5.74, 6) is 0.650. The third-order valence-corrected chi connectivity index (χ3v) is 3.74. The van der Waals surface area contributed by atoms with Crippen LogP contribution >= 0.6 is 19.9 Å². The molecule has 0 aromatic rings. The Labute approximate surface area is 135 Å². The van der Waals surface area contributed by atoms with Crippen LogP contribution in [0.4, 0.5) is 0 Å². The average Bonchev–Trinajstić information content (AvgIpc) is 2.31. The van der Waals surface area contributed by atoms with Crippen molar-refractivity contribution in [2.75, 3.05) is 5.75 Å². The first-order valence-corrected chi connectivity index (χ1v) is 9.08. The fraction of sp³-hybridized carbons (Fsp3) is 0.917. The summed E-state index contributed by atoms with van der Waals surface area (Å²) in [5, 5.41) is 0. The summed E-state index contributed by atoms with van der Waals surface area (Å²) in [6.45, 7) is 7.89. The molecular weight excluding hydrogens is 337 g/mol. The Balaban J connectivity index is -0.000000448. The zero-order valence-electron chi connectivity index (χ0n) is 12.3. The zero-order chi connectivity index (χ0) is 14.3. The van der Waals surface area contributed by atoms with Crippen LogP contribution in [0.2, 0.25) is 0 Å². The number of unbranched alkanes of at least 4 members (excludes halogenated alkanes) is 6. The molecule has 0 aromatic heterocycles. The van der Waals surface area contributed by atoms with E-state index in [0.717, 1.165) is 31.3 Å². The number of hydrogen-bond acceptors (Lipinski definition) is 3. The van der Waals surface area contributed by atoms with Crippen molar-refractivity contribution >= 4 is 19.9 Å². The second kappa shape index (κ2) is 19.1. The summed E-state index contributed by atoms with van der Waals surface area (Å²) in [6, 6.07) is 0. The monoisotopic (exact) mass is 363 g/mol. The first-order chi connectivity index (χ1) is 8.47. The van der Waals surface area contributed by atoms with Gasteiger partial charge in [-0.2, -0.15) is 6.42 Å². The quantitative estimate of drug-likeness (QED) is 0.193. The van der Waals surface area contributed by atoms with Gasteiger partial charge in [0.2, 0.25) is 0 Å². The molecule has 114 valence electrons. The van der Waals surface area contributed by atoms with Crippen LogP contribution in [0.5, 0.6) is 0 Å². The number of rotatable bonds is 10. The molecule has 0 spiro atoms. The summed E-state index contributed by atoms with van der Waals surface area (Å²) in [4.78, 5) is 16.7. The van der Waals surface area contributed by atoms with Gasteiger partial charge in [0.1, 0.15) is 0 Å². The third-order valence-electron chi connectivity index (χ3n) is 2.08. The van der Waals surface area contributed by atoms with Crippen LogP contribution in [0.15, 0.2) is 0 Å². The summed E-state index contributed by atoms with van der Waals surface area (Å²) in [6.07, 6.45) is 9.29. The molecule has 0 aliphatic carbocycles. The summed E-state index contributed by atoms with van der Waals surface area (Å²) in [7, 11) is -4.27. The largest absolute Gasteiger partial charge is 0.480 e. The number of hydrogen-bond donors (Lipinski definition) is 2. The van der Waals surface area contributed by atoms with E-state index in [2.05, 4.69) is 24.7 Å². The Hall–Kier alpha value is 1.08. The SMILES string of the molecule is CCCCCCCCSOP(=O)(O)O.[CH2-]CCC.[Zn]. The van der Waals surface area contributed by atoms with Crippen molar-refractivity contribution in [3.63, 3.8) is 0 Å². The zero-order valence-corrected chi connectivity index (χ0v) is 17.0. The Morgan fingerprint density at radius 3 is 1.95 bits per heavy atom. The summed E-state index contributed by atoms with van der Waals surface area (Å²) < 4.78 is 14.5. The van der Waals surface area contributed by atoms with E-state index in [9.17, 15) is 4.57 Å². The maximum Gasteiger partial charge on any atom is 0.480 e. The van der Waals surface area contributed by atoms with Crippen LogP contribution in [-0.4, -0.2) is 15.5 Å². The van der Waals surface area contributed by atoms with Crippen molar-refractivity contribution in [2.45, 2.75) is 65.2 Å². The van der Waals surface area contributed by atoms with Crippen LogP contribution in [-0.2, 0) is 28.0 Å². The third kappa shape index (κ3) is 32.5. The standard InChI is InChI=1S/C8H19O4PS.C4H9.Zn/c1-2-3-4-5-6-7-8-14-12-13(9,10)11;1-3-4-2;/h2-8H2,1H3,(H2,9,10,11);1,3-4H2,2H3;/q;-1;. The molecule has 0 saturated carbocycles. The maximum absolute atomic E-state index is 10.3. The van der Waals surface area contributed by atoms with Gasteiger partial charge in [0.05, 0.1) is 0 Å². The van der Waals surface area contributed by atoms with Crippen LogP contribution in [0.1, 0.15) is 65.2 Å². The molecule has 0 amide bonds. The Morgan fingerprint density at radius 2 is 1.53 bits per heavy atom. The van der Waals surface area contributed by atoms with E-state index in [1.54, 1.807) is 0 Å². The van der Waals surface area contributed by atoms with Gasteiger partial charge in [-0.3, -0.25) is 0 Å². The molecule has 19 heavy (non-hydrogen) atoms. The Morgan fingerprint density at radius 1 is 1.05 bits per heavy atom. The predicted octanol–water partition coefficient (Wildman–Crippen LogP) is 4.72. The smallest absolute Gasteiger partial charge is 0.343 e. The molecule has 4 nitrogen and oxygen atoms in total. The van der Waals surface area contributed by atoms with E-state index in [1.807, 2.05) is 0 Å². The molecule has 0 bridgehead atoms. The minimum atomic E-state index is -4.27. The molecule has 0 atom stereocenters. The Bertz CT molecular complexity index is 200. The van der Waals surface area contributed by atoms with Gasteiger partial charge in [-0.15, -0.1) is 0 Å². The molecule has 0 fully saturated rings. The van der Waals surface area contributed by atoms with Crippen molar-refractivity contribution in [2.24, 2.45) is 0 Å². The van der Waals surface area contributed by atoms with E-state index in [4.69, 9.17) is 9.79 Å². The average molecular weight is 365 g/mol. The van der Waals surface area contributed by atoms with E-state index in [1.165, 1.54) is 32.1 Å². The number of phosphoric acid groups is 1. The Kier molecular flexibility index (Phi) is 25.2. The van der Waals surface area contributed by atoms with Gasteiger partial charge in [-0.05, 0) is 6.42 Å². The van der Waals surface area contributed by atoms with E-state index in [-0.39, 0.29) is 19.5 Å². The van der Waals surface area contributed by atoms with E-state index in [0.29, 0.717) is 5.75 Å². The van der Waals surface area contributed by atoms with Gasteiger partial charge in [-0.1, -0.05) is 52.4 Å². The fourth-order valence-electron chi connectivity index (χ4n) is 1.05. The minimum Gasteiger partial charge on any atom is -0.343 e. The second-order valence-corrected chi connectivity index (χ2v) is 6.23.